The second-order valence-corrected chi connectivity index (χ2v) is 5.79. The van der Waals surface area contributed by atoms with Crippen LogP contribution in [0.15, 0.2) is 12.3 Å². The molecule has 0 aliphatic rings. The van der Waals surface area contributed by atoms with Crippen LogP contribution < -0.4 is 5.32 Å². The zero-order valence-electron chi connectivity index (χ0n) is 12.2. The maximum absolute atomic E-state index is 10.8. The number of carboxylic acids is 1. The zero-order valence-corrected chi connectivity index (χ0v) is 12.9. The molecule has 0 amide bonds. The number of nitrogens with one attached hydrogen (secondary N) is 1. The highest BCUT2D eigenvalue weighted by molar-refractivity contribution is 6.33. The fraction of sp³-hybridized carbons (Fsp3) is 0.600. The molecule has 0 radical (unpaired) electrons. The van der Waals surface area contributed by atoms with Crippen LogP contribution in [0.4, 0.5) is 5.82 Å². The number of nitrogens with zero attached hydrogens (tertiary/aromatic N) is 1. The van der Waals surface area contributed by atoms with E-state index in [0.29, 0.717) is 10.8 Å². The van der Waals surface area contributed by atoms with Gasteiger partial charge in [-0.3, -0.25) is 0 Å². The Morgan fingerprint density at radius 3 is 2.65 bits per heavy atom. The van der Waals surface area contributed by atoms with Gasteiger partial charge in [0, 0.05) is 12.7 Å². The van der Waals surface area contributed by atoms with Crippen molar-refractivity contribution in [3.63, 3.8) is 0 Å². The third-order valence-electron chi connectivity index (χ3n) is 3.09. The predicted octanol–water partition coefficient (Wildman–Crippen LogP) is 4.45. The van der Waals surface area contributed by atoms with Gasteiger partial charge in [0.25, 0.3) is 0 Å². The lowest BCUT2D eigenvalue weighted by atomic mass is 10.0. The van der Waals surface area contributed by atoms with Gasteiger partial charge >= 0.3 is 5.97 Å². The quantitative estimate of drug-likeness (QED) is 0.661. The number of carboxylic acid groups (broad SMARTS) is 1. The highest BCUT2D eigenvalue weighted by Gasteiger charge is 2.07. The minimum absolute atomic E-state index is 0.106. The van der Waals surface area contributed by atoms with Gasteiger partial charge in [-0.05, 0) is 18.4 Å². The summed E-state index contributed by atoms with van der Waals surface area (Å²) in [6.07, 6.45) is 7.39. The van der Waals surface area contributed by atoms with E-state index in [1.165, 1.54) is 37.9 Å². The van der Waals surface area contributed by atoms with Crippen LogP contribution in [0.1, 0.15) is 56.3 Å². The van der Waals surface area contributed by atoms with E-state index < -0.39 is 5.97 Å². The molecule has 0 aliphatic heterocycles. The predicted molar refractivity (Wildman–Crippen MR) is 82.6 cm³/mol. The maximum Gasteiger partial charge on any atom is 0.337 e. The van der Waals surface area contributed by atoms with Gasteiger partial charge in [0.2, 0.25) is 0 Å². The smallest absolute Gasteiger partial charge is 0.337 e. The number of pyridine rings is 1. The molecule has 0 bridgehead atoms. The second kappa shape index (κ2) is 8.80. The molecule has 0 spiro atoms. The van der Waals surface area contributed by atoms with Crippen molar-refractivity contribution in [1.29, 1.82) is 0 Å². The average molecular weight is 299 g/mol. The van der Waals surface area contributed by atoms with E-state index in [1.807, 2.05) is 0 Å². The summed E-state index contributed by atoms with van der Waals surface area (Å²) in [6.45, 7) is 5.30. The van der Waals surface area contributed by atoms with E-state index in [0.717, 1.165) is 18.9 Å². The van der Waals surface area contributed by atoms with Gasteiger partial charge in [-0.25, -0.2) is 9.78 Å². The van der Waals surface area contributed by atoms with Crippen molar-refractivity contribution in [3.05, 3.63) is 22.8 Å². The molecular weight excluding hydrogens is 276 g/mol. The lowest BCUT2D eigenvalue weighted by molar-refractivity contribution is 0.0696. The fourth-order valence-electron chi connectivity index (χ4n) is 1.92. The van der Waals surface area contributed by atoms with Gasteiger partial charge in [0.15, 0.2) is 0 Å². The van der Waals surface area contributed by atoms with E-state index in [1.54, 1.807) is 0 Å². The highest BCUT2D eigenvalue weighted by Crippen LogP contribution is 2.20. The van der Waals surface area contributed by atoms with Crippen molar-refractivity contribution in [3.8, 4) is 0 Å². The van der Waals surface area contributed by atoms with Crippen LogP contribution in [-0.2, 0) is 0 Å². The summed E-state index contributed by atoms with van der Waals surface area (Å²) in [7, 11) is 0. The van der Waals surface area contributed by atoms with Crippen LogP contribution in [0.3, 0.4) is 0 Å². The van der Waals surface area contributed by atoms with Crippen molar-refractivity contribution >= 4 is 23.4 Å². The Bertz CT molecular complexity index is 436. The SMILES string of the molecule is CC(C)CCCCCCNc1ncc(C(=O)O)cc1Cl. The number of aromatic carboxylic acids is 1. The Balaban J connectivity index is 2.24. The molecular formula is C15H23ClN2O2. The van der Waals surface area contributed by atoms with Crippen molar-refractivity contribution in [1.82, 2.24) is 4.98 Å². The number of unbranched alkanes of at least 4 members (excludes halogenated alkanes) is 3. The summed E-state index contributed by atoms with van der Waals surface area (Å²) < 4.78 is 0. The number of rotatable bonds is 9. The molecule has 1 heterocycles. The van der Waals surface area contributed by atoms with Crippen molar-refractivity contribution in [2.45, 2.75) is 46.0 Å². The minimum atomic E-state index is -1.02. The molecule has 0 aromatic carbocycles. The standard InChI is InChI=1S/C15H23ClN2O2/c1-11(2)7-5-3-4-6-8-17-14-13(16)9-12(10-18-14)15(19)20/h9-11H,3-8H2,1-2H3,(H,17,18)(H,19,20). The number of carbonyl (C=O) groups is 1. The van der Waals surface area contributed by atoms with Crippen molar-refractivity contribution < 1.29 is 9.90 Å². The molecule has 0 unspecified atom stereocenters. The first-order chi connectivity index (χ1) is 9.50. The monoisotopic (exact) mass is 298 g/mol. The molecule has 112 valence electrons. The lowest BCUT2D eigenvalue weighted by Gasteiger charge is -2.08. The van der Waals surface area contributed by atoms with Gasteiger partial charge in [0.05, 0.1) is 10.6 Å². The summed E-state index contributed by atoms with van der Waals surface area (Å²) in [5.41, 5.74) is 0.106. The molecule has 0 aliphatic carbocycles. The molecule has 4 nitrogen and oxygen atoms in total. The topological polar surface area (TPSA) is 62.2 Å². The van der Waals surface area contributed by atoms with Gasteiger partial charge in [0.1, 0.15) is 5.82 Å². The van der Waals surface area contributed by atoms with Gasteiger partial charge < -0.3 is 10.4 Å². The maximum atomic E-state index is 10.8. The first kappa shape index (κ1) is 16.8. The summed E-state index contributed by atoms with van der Waals surface area (Å²) >= 11 is 5.98. The Kier molecular flexibility index (Phi) is 7.37. The normalized spacial score (nSPS) is 10.8. The van der Waals surface area contributed by atoms with E-state index >= 15 is 0 Å². The van der Waals surface area contributed by atoms with Crippen LogP contribution in [0.2, 0.25) is 5.02 Å². The van der Waals surface area contributed by atoms with Gasteiger partial charge in [-0.1, -0.05) is 51.1 Å². The van der Waals surface area contributed by atoms with Crippen LogP contribution in [0.25, 0.3) is 0 Å². The second-order valence-electron chi connectivity index (χ2n) is 5.38. The first-order valence-electron chi connectivity index (χ1n) is 7.13. The zero-order chi connectivity index (χ0) is 15.0. The molecule has 1 rings (SSSR count). The largest absolute Gasteiger partial charge is 0.478 e. The summed E-state index contributed by atoms with van der Waals surface area (Å²) in [6, 6.07) is 1.42. The number of hydrogen-bond donors (Lipinski definition) is 2. The lowest BCUT2D eigenvalue weighted by Crippen LogP contribution is -2.05. The van der Waals surface area contributed by atoms with E-state index in [-0.39, 0.29) is 5.56 Å². The van der Waals surface area contributed by atoms with Crippen LogP contribution >= 0.6 is 11.6 Å². The summed E-state index contributed by atoms with van der Waals surface area (Å²) in [5, 5.41) is 12.3. The Morgan fingerprint density at radius 1 is 1.35 bits per heavy atom. The van der Waals surface area contributed by atoms with E-state index in [4.69, 9.17) is 16.7 Å². The Labute approximate surface area is 125 Å². The molecule has 0 saturated heterocycles. The Hall–Kier alpha value is -1.29. The van der Waals surface area contributed by atoms with Gasteiger partial charge in [-0.15, -0.1) is 0 Å². The molecule has 20 heavy (non-hydrogen) atoms. The Morgan fingerprint density at radius 2 is 2.05 bits per heavy atom. The number of hydrogen-bond acceptors (Lipinski definition) is 3. The minimum Gasteiger partial charge on any atom is -0.478 e. The first-order valence-corrected chi connectivity index (χ1v) is 7.51. The summed E-state index contributed by atoms with van der Waals surface area (Å²) in [4.78, 5) is 14.8. The van der Waals surface area contributed by atoms with Crippen molar-refractivity contribution in [2.24, 2.45) is 5.92 Å². The van der Waals surface area contributed by atoms with Crippen LogP contribution in [0.5, 0.6) is 0 Å². The molecule has 2 N–H and O–H groups in total. The summed E-state index contributed by atoms with van der Waals surface area (Å²) in [5.74, 6) is 0.318. The number of halogens is 1. The third kappa shape index (κ3) is 6.24. The molecule has 1 aromatic heterocycles. The van der Waals surface area contributed by atoms with Crippen LogP contribution in [-0.4, -0.2) is 22.6 Å². The van der Waals surface area contributed by atoms with E-state index in [9.17, 15) is 4.79 Å². The molecule has 5 heteroatoms. The molecule has 0 saturated carbocycles. The number of anilines is 1. The molecule has 1 aromatic rings. The number of aromatic nitrogens is 1. The highest BCUT2D eigenvalue weighted by atomic mass is 35.5. The van der Waals surface area contributed by atoms with E-state index in [2.05, 4.69) is 24.1 Å². The van der Waals surface area contributed by atoms with Crippen LogP contribution in [0, 0.1) is 5.92 Å². The molecule has 0 atom stereocenters. The average Bonchev–Trinajstić information content (AvgIpc) is 2.38. The third-order valence-corrected chi connectivity index (χ3v) is 3.38. The fourth-order valence-corrected chi connectivity index (χ4v) is 2.16. The molecule has 0 fully saturated rings. The van der Waals surface area contributed by atoms with Gasteiger partial charge in [-0.2, -0.15) is 0 Å². The van der Waals surface area contributed by atoms with Crippen molar-refractivity contribution in [2.75, 3.05) is 11.9 Å².